The molecule has 0 aromatic carbocycles. The lowest BCUT2D eigenvalue weighted by Gasteiger charge is -2.19. The first-order valence-corrected chi connectivity index (χ1v) is 5.68. The van der Waals surface area contributed by atoms with Crippen molar-refractivity contribution in [2.75, 3.05) is 6.54 Å². The molecule has 0 fully saturated rings. The molecule has 0 heterocycles. The van der Waals surface area contributed by atoms with Crippen LogP contribution in [0.4, 0.5) is 0 Å². The number of hydrogen-bond donors (Lipinski definition) is 0. The van der Waals surface area contributed by atoms with Crippen LogP contribution >= 0.6 is 0 Å². The number of nitrogens with zero attached hydrogens (tertiary/aromatic N) is 3. The van der Waals surface area contributed by atoms with Gasteiger partial charge in [-0.2, -0.15) is 0 Å². The Hall–Kier alpha value is -1.22. The third-order valence-electron chi connectivity index (χ3n) is 1.87. The van der Waals surface area contributed by atoms with Crippen molar-refractivity contribution in [2.24, 2.45) is 5.11 Å². The number of ether oxygens (including phenoxy) is 1. The fraction of sp³-hybridized carbons (Fsp3) is 0.909. The summed E-state index contributed by atoms with van der Waals surface area (Å²) in [6, 6.07) is 0. The van der Waals surface area contributed by atoms with Crippen LogP contribution in [0.2, 0.25) is 0 Å². The highest BCUT2D eigenvalue weighted by Gasteiger charge is 2.15. The third kappa shape index (κ3) is 10.9. The molecule has 5 heteroatoms. The maximum atomic E-state index is 11.3. The Morgan fingerprint density at radius 2 is 1.88 bits per heavy atom. The van der Waals surface area contributed by atoms with E-state index >= 15 is 0 Å². The zero-order chi connectivity index (χ0) is 12.4. The Morgan fingerprint density at radius 1 is 1.25 bits per heavy atom. The van der Waals surface area contributed by atoms with Crippen molar-refractivity contribution in [1.29, 1.82) is 0 Å². The number of hydrogen-bond acceptors (Lipinski definition) is 3. The molecule has 0 unspecified atom stereocenters. The van der Waals surface area contributed by atoms with E-state index in [1.54, 1.807) is 0 Å². The molecule has 0 radical (unpaired) electrons. The topological polar surface area (TPSA) is 75.1 Å². The standard InChI is InChI=1S/C11H21N3O2/c1-11(2,3)16-10(15)8-6-4-5-7-9-13-14-12/h4-9H2,1-3H3. The molecule has 0 aliphatic rings. The van der Waals surface area contributed by atoms with Crippen LogP contribution in [0.25, 0.3) is 10.4 Å². The maximum absolute atomic E-state index is 11.3. The van der Waals surface area contributed by atoms with Crippen LogP contribution in [-0.2, 0) is 9.53 Å². The fourth-order valence-electron chi connectivity index (χ4n) is 1.24. The smallest absolute Gasteiger partial charge is 0.306 e. The molecule has 0 aromatic rings. The molecule has 0 aliphatic heterocycles. The van der Waals surface area contributed by atoms with Crippen LogP contribution in [0.15, 0.2) is 5.11 Å². The maximum Gasteiger partial charge on any atom is 0.306 e. The van der Waals surface area contributed by atoms with Gasteiger partial charge in [0.05, 0.1) is 0 Å². The van der Waals surface area contributed by atoms with Crippen LogP contribution in [0.3, 0.4) is 0 Å². The van der Waals surface area contributed by atoms with Gasteiger partial charge in [0.15, 0.2) is 0 Å². The Balaban J connectivity index is 3.38. The van der Waals surface area contributed by atoms with E-state index in [2.05, 4.69) is 10.0 Å². The van der Waals surface area contributed by atoms with Gasteiger partial charge in [-0.25, -0.2) is 0 Å². The lowest BCUT2D eigenvalue weighted by molar-refractivity contribution is -0.154. The van der Waals surface area contributed by atoms with Crippen molar-refractivity contribution in [3.63, 3.8) is 0 Å². The normalized spacial score (nSPS) is 10.7. The van der Waals surface area contributed by atoms with Gasteiger partial charge in [0, 0.05) is 17.9 Å². The summed E-state index contributed by atoms with van der Waals surface area (Å²) in [5.74, 6) is -0.137. The zero-order valence-corrected chi connectivity index (χ0v) is 10.4. The highest BCUT2D eigenvalue weighted by atomic mass is 16.6. The monoisotopic (exact) mass is 227 g/mol. The van der Waals surface area contributed by atoms with Crippen LogP contribution < -0.4 is 0 Å². The van der Waals surface area contributed by atoms with Gasteiger partial charge in [0.25, 0.3) is 0 Å². The molecule has 5 nitrogen and oxygen atoms in total. The van der Waals surface area contributed by atoms with E-state index in [1.807, 2.05) is 20.8 Å². The summed E-state index contributed by atoms with van der Waals surface area (Å²) in [6.45, 7) is 6.14. The number of carbonyl (C=O) groups is 1. The van der Waals surface area contributed by atoms with Crippen molar-refractivity contribution >= 4 is 5.97 Å². The van der Waals surface area contributed by atoms with E-state index in [1.165, 1.54) is 0 Å². The first-order chi connectivity index (χ1) is 7.45. The molecule has 92 valence electrons. The number of azide groups is 1. The molecule has 0 amide bonds. The van der Waals surface area contributed by atoms with E-state index in [9.17, 15) is 4.79 Å². The van der Waals surface area contributed by atoms with E-state index in [0.717, 1.165) is 25.7 Å². The number of carbonyl (C=O) groups excluding carboxylic acids is 1. The molecular formula is C11H21N3O2. The predicted octanol–water partition coefficient (Wildman–Crippen LogP) is 3.59. The number of rotatable bonds is 7. The van der Waals surface area contributed by atoms with Crippen LogP contribution in [0.1, 0.15) is 52.9 Å². The van der Waals surface area contributed by atoms with Crippen LogP contribution in [0, 0.1) is 0 Å². The van der Waals surface area contributed by atoms with Gasteiger partial charge in [-0.05, 0) is 39.1 Å². The average Bonchev–Trinajstić information content (AvgIpc) is 2.13. The van der Waals surface area contributed by atoms with Crippen molar-refractivity contribution in [1.82, 2.24) is 0 Å². The second-order valence-electron chi connectivity index (χ2n) is 4.71. The van der Waals surface area contributed by atoms with E-state index in [-0.39, 0.29) is 5.97 Å². The van der Waals surface area contributed by atoms with Crippen molar-refractivity contribution in [3.05, 3.63) is 10.4 Å². The lowest BCUT2D eigenvalue weighted by Crippen LogP contribution is -2.23. The Labute approximate surface area is 96.8 Å². The van der Waals surface area contributed by atoms with Gasteiger partial charge in [-0.1, -0.05) is 18.0 Å². The van der Waals surface area contributed by atoms with Crippen molar-refractivity contribution in [2.45, 2.75) is 58.5 Å². The summed E-state index contributed by atoms with van der Waals surface area (Å²) in [4.78, 5) is 14.0. The van der Waals surface area contributed by atoms with Crippen molar-refractivity contribution < 1.29 is 9.53 Å². The zero-order valence-electron chi connectivity index (χ0n) is 10.4. The van der Waals surface area contributed by atoms with Gasteiger partial charge in [0.1, 0.15) is 5.60 Å². The Kier molecular flexibility index (Phi) is 7.38. The summed E-state index contributed by atoms with van der Waals surface area (Å²) in [5.41, 5.74) is 7.66. The second kappa shape index (κ2) is 7.99. The lowest BCUT2D eigenvalue weighted by atomic mass is 10.1. The molecule has 0 rings (SSSR count). The first kappa shape index (κ1) is 14.8. The minimum atomic E-state index is -0.390. The minimum absolute atomic E-state index is 0.137. The predicted molar refractivity (Wildman–Crippen MR) is 62.9 cm³/mol. The van der Waals surface area contributed by atoms with E-state index in [4.69, 9.17) is 10.3 Å². The molecular weight excluding hydrogens is 206 g/mol. The Bertz CT molecular complexity index is 252. The SMILES string of the molecule is CC(C)(C)OC(=O)CCCCCCN=[N+]=[N-]. The second-order valence-corrected chi connectivity index (χ2v) is 4.71. The molecule has 0 aromatic heterocycles. The van der Waals surface area contributed by atoms with E-state index < -0.39 is 5.60 Å². The largest absolute Gasteiger partial charge is 0.460 e. The number of esters is 1. The summed E-state index contributed by atoms with van der Waals surface area (Å²) >= 11 is 0. The van der Waals surface area contributed by atoms with Gasteiger partial charge >= 0.3 is 5.97 Å². The highest BCUT2D eigenvalue weighted by molar-refractivity contribution is 5.69. The summed E-state index contributed by atoms with van der Waals surface area (Å²) in [5, 5.41) is 3.44. The van der Waals surface area contributed by atoms with Gasteiger partial charge in [-0.3, -0.25) is 4.79 Å². The average molecular weight is 227 g/mol. The van der Waals surface area contributed by atoms with Gasteiger partial charge in [0.2, 0.25) is 0 Å². The summed E-state index contributed by atoms with van der Waals surface area (Å²) in [7, 11) is 0. The minimum Gasteiger partial charge on any atom is -0.460 e. The van der Waals surface area contributed by atoms with Crippen LogP contribution in [-0.4, -0.2) is 18.1 Å². The molecule has 16 heavy (non-hydrogen) atoms. The summed E-state index contributed by atoms with van der Waals surface area (Å²) in [6.07, 6.45) is 4.16. The molecule has 0 spiro atoms. The van der Waals surface area contributed by atoms with Gasteiger partial charge in [-0.15, -0.1) is 0 Å². The molecule has 0 saturated carbocycles. The molecule has 0 aliphatic carbocycles. The molecule has 0 atom stereocenters. The van der Waals surface area contributed by atoms with Crippen LogP contribution in [0.5, 0.6) is 0 Å². The van der Waals surface area contributed by atoms with Crippen molar-refractivity contribution in [3.8, 4) is 0 Å². The molecule has 0 N–H and O–H groups in total. The third-order valence-corrected chi connectivity index (χ3v) is 1.87. The van der Waals surface area contributed by atoms with Gasteiger partial charge < -0.3 is 4.74 Å². The molecule has 0 bridgehead atoms. The van der Waals surface area contributed by atoms with E-state index in [0.29, 0.717) is 13.0 Å². The quantitative estimate of drug-likeness (QED) is 0.219. The number of unbranched alkanes of at least 4 members (excludes halogenated alkanes) is 3. The summed E-state index contributed by atoms with van der Waals surface area (Å²) < 4.78 is 5.18. The Morgan fingerprint density at radius 3 is 2.44 bits per heavy atom. The first-order valence-electron chi connectivity index (χ1n) is 5.68. The fourth-order valence-corrected chi connectivity index (χ4v) is 1.24. The highest BCUT2D eigenvalue weighted by Crippen LogP contribution is 2.11. The molecule has 0 saturated heterocycles.